The second-order valence-corrected chi connectivity index (χ2v) is 9.39. The molecule has 0 radical (unpaired) electrons. The lowest BCUT2D eigenvalue weighted by atomic mass is 10.0. The summed E-state index contributed by atoms with van der Waals surface area (Å²) < 4.78 is 0. The van der Waals surface area contributed by atoms with Crippen LogP contribution in [0.5, 0.6) is 0 Å². The number of carbonyl (C=O) groups is 2. The van der Waals surface area contributed by atoms with Gasteiger partial charge in [0.15, 0.2) is 0 Å². The monoisotopic (exact) mass is 412 g/mol. The summed E-state index contributed by atoms with van der Waals surface area (Å²) in [6.07, 6.45) is 5.42. The maximum atomic E-state index is 13.5. The number of piperazine rings is 1. The summed E-state index contributed by atoms with van der Waals surface area (Å²) in [5.41, 5.74) is 3.55. The SMILES string of the molecule is Cc1ccccc1C(=O)Nc1sc2c(c1C(=O)N1CC[NH+](C)CC1)CCCCC2. The minimum absolute atomic E-state index is 0.0944. The molecule has 1 aliphatic carbocycles. The molecule has 0 saturated carbocycles. The van der Waals surface area contributed by atoms with Gasteiger partial charge in [-0.3, -0.25) is 9.59 Å². The predicted octanol–water partition coefficient (Wildman–Crippen LogP) is 2.55. The summed E-state index contributed by atoms with van der Waals surface area (Å²) in [6.45, 7) is 5.45. The number of nitrogens with one attached hydrogen (secondary N) is 2. The third-order valence-electron chi connectivity index (χ3n) is 6.16. The molecule has 154 valence electrons. The maximum absolute atomic E-state index is 13.5. The van der Waals surface area contributed by atoms with Crippen molar-refractivity contribution >= 4 is 28.2 Å². The number of amides is 2. The number of anilines is 1. The zero-order valence-corrected chi connectivity index (χ0v) is 18.2. The van der Waals surface area contributed by atoms with E-state index in [0.717, 1.165) is 68.0 Å². The molecule has 1 aromatic carbocycles. The Bertz CT molecular complexity index is 913. The van der Waals surface area contributed by atoms with Gasteiger partial charge in [-0.25, -0.2) is 0 Å². The lowest BCUT2D eigenvalue weighted by Gasteiger charge is -2.30. The average molecular weight is 413 g/mol. The van der Waals surface area contributed by atoms with Crippen molar-refractivity contribution < 1.29 is 14.5 Å². The Labute approximate surface area is 176 Å². The van der Waals surface area contributed by atoms with Crippen LogP contribution in [0.4, 0.5) is 5.00 Å². The molecule has 4 rings (SSSR count). The molecule has 2 N–H and O–H groups in total. The highest BCUT2D eigenvalue weighted by atomic mass is 32.1. The number of carbonyl (C=O) groups excluding carboxylic acids is 2. The van der Waals surface area contributed by atoms with E-state index >= 15 is 0 Å². The number of benzene rings is 1. The molecule has 29 heavy (non-hydrogen) atoms. The van der Waals surface area contributed by atoms with Gasteiger partial charge >= 0.3 is 0 Å². The molecule has 1 saturated heterocycles. The van der Waals surface area contributed by atoms with Gasteiger partial charge in [0.2, 0.25) is 0 Å². The first-order chi connectivity index (χ1) is 14.0. The largest absolute Gasteiger partial charge is 0.334 e. The van der Waals surface area contributed by atoms with Crippen LogP contribution in [-0.4, -0.2) is 49.9 Å². The fourth-order valence-electron chi connectivity index (χ4n) is 4.30. The normalized spacial score (nSPS) is 17.5. The van der Waals surface area contributed by atoms with E-state index in [-0.39, 0.29) is 11.8 Å². The number of aryl methyl sites for hydroxylation is 2. The van der Waals surface area contributed by atoms with Gasteiger partial charge in [-0.05, 0) is 49.8 Å². The number of quaternary nitrogens is 1. The van der Waals surface area contributed by atoms with Crippen LogP contribution in [0, 0.1) is 6.92 Å². The zero-order chi connectivity index (χ0) is 20.4. The zero-order valence-electron chi connectivity index (χ0n) is 17.3. The number of nitrogens with zero attached hydrogens (tertiary/aromatic N) is 1. The molecule has 5 nitrogen and oxygen atoms in total. The molecule has 1 aliphatic heterocycles. The highest BCUT2D eigenvalue weighted by Crippen LogP contribution is 2.38. The molecule has 0 spiro atoms. The van der Waals surface area contributed by atoms with Gasteiger partial charge in [0, 0.05) is 10.4 Å². The lowest BCUT2D eigenvalue weighted by molar-refractivity contribution is -0.883. The van der Waals surface area contributed by atoms with E-state index in [1.807, 2.05) is 36.1 Å². The molecular weight excluding hydrogens is 382 g/mol. The molecule has 2 heterocycles. The first kappa shape index (κ1) is 20.1. The third-order valence-corrected chi connectivity index (χ3v) is 7.36. The van der Waals surface area contributed by atoms with Crippen molar-refractivity contribution in [3.8, 4) is 0 Å². The number of thiophene rings is 1. The fraction of sp³-hybridized carbons (Fsp3) is 0.478. The van der Waals surface area contributed by atoms with Gasteiger partial charge < -0.3 is 15.1 Å². The number of fused-ring (bicyclic) bond motifs is 1. The highest BCUT2D eigenvalue weighted by molar-refractivity contribution is 7.17. The topological polar surface area (TPSA) is 53.9 Å². The van der Waals surface area contributed by atoms with Gasteiger partial charge in [0.1, 0.15) is 5.00 Å². The van der Waals surface area contributed by atoms with Crippen molar-refractivity contribution in [3.05, 3.63) is 51.4 Å². The number of rotatable bonds is 3. The molecule has 0 atom stereocenters. The van der Waals surface area contributed by atoms with Crippen LogP contribution < -0.4 is 10.2 Å². The maximum Gasteiger partial charge on any atom is 0.257 e. The average Bonchev–Trinajstić information content (AvgIpc) is 2.88. The van der Waals surface area contributed by atoms with E-state index in [4.69, 9.17) is 0 Å². The first-order valence-corrected chi connectivity index (χ1v) is 11.5. The Morgan fingerprint density at radius 2 is 1.79 bits per heavy atom. The fourth-order valence-corrected chi connectivity index (χ4v) is 5.58. The van der Waals surface area contributed by atoms with Crippen molar-refractivity contribution in [1.82, 2.24) is 4.90 Å². The van der Waals surface area contributed by atoms with Crippen LogP contribution in [0.15, 0.2) is 24.3 Å². The second-order valence-electron chi connectivity index (χ2n) is 8.29. The smallest absolute Gasteiger partial charge is 0.257 e. The van der Waals surface area contributed by atoms with Gasteiger partial charge in [-0.1, -0.05) is 24.6 Å². The van der Waals surface area contributed by atoms with Crippen molar-refractivity contribution in [2.24, 2.45) is 0 Å². The standard InChI is InChI=1S/C23H29N3O2S/c1-16-8-6-7-9-17(16)21(27)24-22-20(18-10-4-3-5-11-19(18)29-22)23(28)26-14-12-25(2)13-15-26/h6-9H,3-5,10-15H2,1-2H3,(H,24,27)/p+1. The minimum Gasteiger partial charge on any atom is -0.334 e. The summed E-state index contributed by atoms with van der Waals surface area (Å²) in [5.74, 6) is -0.0339. The van der Waals surface area contributed by atoms with E-state index in [1.54, 1.807) is 11.3 Å². The Hall–Kier alpha value is -2.18. The van der Waals surface area contributed by atoms with Crippen LogP contribution in [0.3, 0.4) is 0 Å². The Balaban J connectivity index is 1.67. The van der Waals surface area contributed by atoms with Crippen molar-refractivity contribution in [1.29, 1.82) is 0 Å². The molecular formula is C23H30N3O2S+. The lowest BCUT2D eigenvalue weighted by Crippen LogP contribution is -3.12. The van der Waals surface area contributed by atoms with Crippen LogP contribution in [0.1, 0.15) is 56.0 Å². The van der Waals surface area contributed by atoms with Crippen molar-refractivity contribution in [3.63, 3.8) is 0 Å². The van der Waals surface area contributed by atoms with Crippen molar-refractivity contribution in [2.45, 2.75) is 39.0 Å². The minimum atomic E-state index is -0.128. The van der Waals surface area contributed by atoms with Gasteiger partial charge in [-0.2, -0.15) is 0 Å². The van der Waals surface area contributed by atoms with E-state index in [0.29, 0.717) is 5.56 Å². The second kappa shape index (κ2) is 8.67. The highest BCUT2D eigenvalue weighted by Gasteiger charge is 2.31. The number of likely N-dealkylation sites (N-methyl/N-ethyl adjacent to an activating group) is 1. The molecule has 0 unspecified atom stereocenters. The van der Waals surface area contributed by atoms with Crippen LogP contribution >= 0.6 is 11.3 Å². The molecule has 6 heteroatoms. The van der Waals surface area contributed by atoms with Gasteiger partial charge in [0.25, 0.3) is 11.8 Å². The predicted molar refractivity (Wildman–Crippen MR) is 117 cm³/mol. The summed E-state index contributed by atoms with van der Waals surface area (Å²) in [7, 11) is 2.17. The molecule has 2 aliphatic rings. The molecule has 2 amide bonds. The summed E-state index contributed by atoms with van der Waals surface area (Å²) in [4.78, 5) is 31.2. The van der Waals surface area contributed by atoms with Gasteiger partial charge in [-0.15, -0.1) is 11.3 Å². The summed E-state index contributed by atoms with van der Waals surface area (Å²) in [6, 6.07) is 7.60. The first-order valence-electron chi connectivity index (χ1n) is 10.7. The van der Waals surface area contributed by atoms with Gasteiger partial charge in [0.05, 0.1) is 38.8 Å². The van der Waals surface area contributed by atoms with Crippen LogP contribution in [0.2, 0.25) is 0 Å². The third kappa shape index (κ3) is 4.23. The molecule has 1 fully saturated rings. The van der Waals surface area contributed by atoms with Crippen LogP contribution in [-0.2, 0) is 12.8 Å². The van der Waals surface area contributed by atoms with E-state index in [1.165, 1.54) is 21.8 Å². The molecule has 0 bridgehead atoms. The molecule has 2 aromatic rings. The summed E-state index contributed by atoms with van der Waals surface area (Å²) in [5, 5.41) is 3.84. The van der Waals surface area contributed by atoms with Crippen LogP contribution in [0.25, 0.3) is 0 Å². The Kier molecular flexibility index (Phi) is 6.01. The Morgan fingerprint density at radius 3 is 2.55 bits per heavy atom. The molecule has 1 aromatic heterocycles. The van der Waals surface area contributed by atoms with Crippen molar-refractivity contribution in [2.75, 3.05) is 38.5 Å². The number of hydrogen-bond donors (Lipinski definition) is 2. The van der Waals surface area contributed by atoms with E-state index in [2.05, 4.69) is 12.4 Å². The summed E-state index contributed by atoms with van der Waals surface area (Å²) >= 11 is 1.61. The van der Waals surface area contributed by atoms with E-state index < -0.39 is 0 Å². The Morgan fingerprint density at radius 1 is 1.07 bits per heavy atom. The number of hydrogen-bond acceptors (Lipinski definition) is 3. The quantitative estimate of drug-likeness (QED) is 0.762. The van der Waals surface area contributed by atoms with E-state index in [9.17, 15) is 9.59 Å².